The van der Waals surface area contributed by atoms with E-state index in [0.717, 1.165) is 20.5 Å². The molecule has 1 N–H and O–H groups in total. The standard InChI is InChI=1S/C12H10BrNO3/c13-9-2-1-7-4-12(5-8(7)3-9)6-14(10(12)15)11(16)17/h1-3H,4-6H2,(H,16,17)/t12-/m1/s1. The van der Waals surface area contributed by atoms with Crippen molar-refractivity contribution in [1.29, 1.82) is 0 Å². The number of carboxylic acid groups (broad SMARTS) is 1. The van der Waals surface area contributed by atoms with E-state index in [2.05, 4.69) is 15.9 Å². The maximum absolute atomic E-state index is 11.9. The molecule has 0 aromatic heterocycles. The quantitative estimate of drug-likeness (QED) is 0.745. The number of fused-ring (bicyclic) bond motifs is 1. The van der Waals surface area contributed by atoms with Crippen LogP contribution in [0, 0.1) is 5.41 Å². The molecule has 0 saturated carbocycles. The molecule has 1 fully saturated rings. The lowest BCUT2D eigenvalue weighted by atomic mass is 9.76. The summed E-state index contributed by atoms with van der Waals surface area (Å²) >= 11 is 3.40. The lowest BCUT2D eigenvalue weighted by Gasteiger charge is -2.43. The van der Waals surface area contributed by atoms with Crippen molar-refractivity contribution in [3.63, 3.8) is 0 Å². The highest BCUT2D eigenvalue weighted by Crippen LogP contribution is 2.45. The van der Waals surface area contributed by atoms with Gasteiger partial charge in [-0.25, -0.2) is 9.69 Å². The van der Waals surface area contributed by atoms with E-state index in [9.17, 15) is 9.59 Å². The van der Waals surface area contributed by atoms with Crippen LogP contribution in [-0.4, -0.2) is 28.6 Å². The first-order valence-corrected chi connectivity index (χ1v) is 6.13. The Kier molecular flexibility index (Phi) is 2.10. The number of hydrogen-bond acceptors (Lipinski definition) is 2. The second-order valence-electron chi connectivity index (χ2n) is 4.72. The van der Waals surface area contributed by atoms with Crippen LogP contribution in [0.5, 0.6) is 0 Å². The molecular formula is C12H10BrNO3. The van der Waals surface area contributed by atoms with Crippen LogP contribution in [-0.2, 0) is 17.6 Å². The summed E-state index contributed by atoms with van der Waals surface area (Å²) in [4.78, 5) is 23.6. The number of likely N-dealkylation sites (tertiary alicyclic amines) is 1. The topological polar surface area (TPSA) is 57.6 Å². The second kappa shape index (κ2) is 3.32. The third kappa shape index (κ3) is 1.42. The molecule has 1 aromatic carbocycles. The minimum Gasteiger partial charge on any atom is -0.465 e. The van der Waals surface area contributed by atoms with Gasteiger partial charge in [-0.1, -0.05) is 22.0 Å². The number of nitrogens with zero attached hydrogens (tertiary/aromatic N) is 1. The fourth-order valence-corrected chi connectivity index (χ4v) is 3.19. The minimum atomic E-state index is -1.14. The van der Waals surface area contributed by atoms with Gasteiger partial charge in [0, 0.05) is 11.0 Å². The number of amides is 2. The zero-order valence-corrected chi connectivity index (χ0v) is 10.5. The smallest absolute Gasteiger partial charge is 0.414 e. The monoisotopic (exact) mass is 295 g/mol. The van der Waals surface area contributed by atoms with Gasteiger partial charge in [-0.05, 0) is 36.1 Å². The highest BCUT2D eigenvalue weighted by Gasteiger charge is 2.57. The van der Waals surface area contributed by atoms with Crippen LogP contribution in [0.3, 0.4) is 0 Å². The molecule has 1 atom stereocenters. The number of carbonyl (C=O) groups is 2. The van der Waals surface area contributed by atoms with Gasteiger partial charge in [0.25, 0.3) is 0 Å². The fraction of sp³-hybridized carbons (Fsp3) is 0.333. The van der Waals surface area contributed by atoms with Crippen LogP contribution in [0.25, 0.3) is 0 Å². The van der Waals surface area contributed by atoms with Crippen molar-refractivity contribution in [3.05, 3.63) is 33.8 Å². The number of rotatable bonds is 0. The molecule has 2 amide bonds. The average molecular weight is 296 g/mol. The van der Waals surface area contributed by atoms with Gasteiger partial charge in [0.1, 0.15) is 0 Å². The first kappa shape index (κ1) is 10.8. The number of β-lactam (4-membered cyclic amide) rings is 1. The third-order valence-corrected chi connectivity index (χ3v) is 4.11. The van der Waals surface area contributed by atoms with Gasteiger partial charge in [-0.15, -0.1) is 0 Å². The van der Waals surface area contributed by atoms with Crippen LogP contribution in [0.15, 0.2) is 22.7 Å². The average Bonchev–Trinajstić information content (AvgIpc) is 2.65. The van der Waals surface area contributed by atoms with E-state index in [0.29, 0.717) is 19.4 Å². The molecule has 4 nitrogen and oxygen atoms in total. The third-order valence-electron chi connectivity index (χ3n) is 3.62. The SMILES string of the molecule is O=C(O)N1C[C@]2(Cc3ccc(Br)cc3C2)C1=O. The van der Waals surface area contributed by atoms with Gasteiger partial charge in [0.05, 0.1) is 5.41 Å². The van der Waals surface area contributed by atoms with E-state index >= 15 is 0 Å². The van der Waals surface area contributed by atoms with Crippen molar-refractivity contribution < 1.29 is 14.7 Å². The van der Waals surface area contributed by atoms with Crippen LogP contribution in [0.2, 0.25) is 0 Å². The molecule has 2 aliphatic rings. The van der Waals surface area contributed by atoms with Crippen molar-refractivity contribution >= 4 is 27.9 Å². The van der Waals surface area contributed by atoms with Crippen LogP contribution >= 0.6 is 15.9 Å². The molecule has 1 aliphatic carbocycles. The van der Waals surface area contributed by atoms with E-state index in [1.807, 2.05) is 18.2 Å². The summed E-state index contributed by atoms with van der Waals surface area (Å²) in [6.07, 6.45) is 0.181. The Hall–Kier alpha value is -1.36. The Morgan fingerprint density at radius 2 is 2.06 bits per heavy atom. The zero-order chi connectivity index (χ0) is 12.2. The Morgan fingerprint density at radius 3 is 2.71 bits per heavy atom. The molecular weight excluding hydrogens is 286 g/mol. The Balaban J connectivity index is 1.88. The molecule has 0 bridgehead atoms. The van der Waals surface area contributed by atoms with Crippen molar-refractivity contribution in [2.24, 2.45) is 5.41 Å². The second-order valence-corrected chi connectivity index (χ2v) is 5.64. The van der Waals surface area contributed by atoms with Gasteiger partial charge in [-0.3, -0.25) is 4.79 Å². The summed E-state index contributed by atoms with van der Waals surface area (Å²) in [5, 5.41) is 8.81. The fourth-order valence-electron chi connectivity index (χ4n) is 2.78. The molecule has 1 saturated heterocycles. The van der Waals surface area contributed by atoms with Gasteiger partial charge < -0.3 is 5.11 Å². The van der Waals surface area contributed by atoms with Crippen molar-refractivity contribution in [2.75, 3.05) is 6.54 Å². The maximum atomic E-state index is 11.9. The number of benzene rings is 1. The molecule has 1 spiro atoms. The van der Waals surface area contributed by atoms with Gasteiger partial charge in [0.2, 0.25) is 5.91 Å². The highest BCUT2D eigenvalue weighted by atomic mass is 79.9. The molecule has 0 unspecified atom stereocenters. The van der Waals surface area contributed by atoms with Crippen LogP contribution in [0.4, 0.5) is 4.79 Å². The molecule has 3 rings (SSSR count). The normalized spacial score (nSPS) is 25.9. The summed E-state index contributed by atoms with van der Waals surface area (Å²) < 4.78 is 0.996. The summed E-state index contributed by atoms with van der Waals surface area (Å²) in [5.74, 6) is -0.252. The van der Waals surface area contributed by atoms with E-state index in [4.69, 9.17) is 5.11 Å². The predicted octanol–water partition coefficient (Wildman–Crippen LogP) is 2.05. The number of imide groups is 1. The minimum absolute atomic E-state index is 0.252. The van der Waals surface area contributed by atoms with Crippen molar-refractivity contribution in [1.82, 2.24) is 4.90 Å². The highest BCUT2D eigenvalue weighted by molar-refractivity contribution is 9.10. The van der Waals surface area contributed by atoms with Crippen molar-refractivity contribution in [2.45, 2.75) is 12.8 Å². The first-order valence-electron chi connectivity index (χ1n) is 5.34. The van der Waals surface area contributed by atoms with E-state index in [1.165, 1.54) is 0 Å². The zero-order valence-electron chi connectivity index (χ0n) is 8.94. The molecule has 1 heterocycles. The van der Waals surface area contributed by atoms with E-state index in [-0.39, 0.29) is 5.91 Å². The molecule has 1 aliphatic heterocycles. The van der Waals surface area contributed by atoms with Crippen LogP contribution in [0.1, 0.15) is 11.1 Å². The molecule has 5 heteroatoms. The lowest BCUT2D eigenvalue weighted by Crippen LogP contribution is -2.63. The molecule has 1 aromatic rings. The van der Waals surface area contributed by atoms with Crippen molar-refractivity contribution in [3.8, 4) is 0 Å². The molecule has 88 valence electrons. The predicted molar refractivity (Wildman–Crippen MR) is 63.7 cm³/mol. The lowest BCUT2D eigenvalue weighted by molar-refractivity contribution is -0.154. The molecule has 17 heavy (non-hydrogen) atoms. The largest absolute Gasteiger partial charge is 0.465 e. The Labute approximate surface area is 106 Å². The van der Waals surface area contributed by atoms with Gasteiger partial charge in [-0.2, -0.15) is 0 Å². The summed E-state index contributed by atoms with van der Waals surface area (Å²) in [7, 11) is 0. The first-order chi connectivity index (χ1) is 8.02. The Bertz CT molecular complexity index is 543. The number of halogens is 1. The Morgan fingerprint density at radius 1 is 1.35 bits per heavy atom. The number of carbonyl (C=O) groups excluding carboxylic acids is 1. The van der Waals surface area contributed by atoms with Gasteiger partial charge in [0.15, 0.2) is 0 Å². The number of hydrogen-bond donors (Lipinski definition) is 1. The van der Waals surface area contributed by atoms with E-state index < -0.39 is 11.5 Å². The molecule has 0 radical (unpaired) electrons. The summed E-state index contributed by atoms with van der Waals surface area (Å²) in [6.45, 7) is 0.327. The maximum Gasteiger partial charge on any atom is 0.414 e. The van der Waals surface area contributed by atoms with Gasteiger partial charge >= 0.3 is 6.09 Å². The van der Waals surface area contributed by atoms with E-state index in [1.54, 1.807) is 0 Å². The summed E-state index contributed by atoms with van der Waals surface area (Å²) in [5.41, 5.74) is 1.82. The summed E-state index contributed by atoms with van der Waals surface area (Å²) in [6, 6.07) is 5.97. The van der Waals surface area contributed by atoms with Crippen LogP contribution < -0.4 is 0 Å².